The van der Waals surface area contributed by atoms with Gasteiger partial charge in [0, 0.05) is 40.1 Å². The summed E-state index contributed by atoms with van der Waals surface area (Å²) in [5.74, 6) is -0.461. The lowest BCUT2D eigenvalue weighted by molar-refractivity contribution is 0.100. The maximum atomic E-state index is 11.9. The summed E-state index contributed by atoms with van der Waals surface area (Å²) in [6, 6.07) is 20.0. The summed E-state index contributed by atoms with van der Waals surface area (Å²) in [7, 11) is -1.09. The Balaban J connectivity index is 1.84. The van der Waals surface area contributed by atoms with Crippen molar-refractivity contribution in [1.29, 1.82) is 0 Å². The minimum absolute atomic E-state index is 0.461. The Hall–Kier alpha value is -2.92. The highest BCUT2D eigenvalue weighted by Gasteiger charge is 2.14. The first kappa shape index (κ1) is 16.5. The maximum absolute atomic E-state index is 11.9. The Kier molecular flexibility index (Phi) is 4.09. The highest BCUT2D eigenvalue weighted by molar-refractivity contribution is 7.84. The van der Waals surface area contributed by atoms with Crippen LogP contribution in [0.15, 0.2) is 71.8 Å². The molecule has 1 aromatic heterocycles. The zero-order chi connectivity index (χ0) is 18.3. The zero-order valence-electron chi connectivity index (χ0n) is 14.3. The van der Waals surface area contributed by atoms with Crippen LogP contribution >= 0.6 is 0 Å². The molecule has 0 aliphatic heterocycles. The predicted molar refractivity (Wildman–Crippen MR) is 106 cm³/mol. The van der Waals surface area contributed by atoms with Crippen molar-refractivity contribution in [2.75, 3.05) is 6.26 Å². The van der Waals surface area contributed by atoms with E-state index >= 15 is 0 Å². The van der Waals surface area contributed by atoms with Crippen molar-refractivity contribution in [3.63, 3.8) is 0 Å². The quantitative estimate of drug-likeness (QED) is 0.602. The number of carbonyl (C=O) groups is 1. The third-order valence-electron chi connectivity index (χ3n) is 4.62. The Labute approximate surface area is 153 Å². The molecule has 4 nitrogen and oxygen atoms in total. The summed E-state index contributed by atoms with van der Waals surface area (Å²) in [5.41, 5.74) is 8.01. The summed E-state index contributed by atoms with van der Waals surface area (Å²) < 4.78 is 13.9. The van der Waals surface area contributed by atoms with E-state index in [4.69, 9.17) is 5.73 Å². The SMILES string of the molecule is CS(=O)c1ccc2c(C(N)=O)cn(Cc3ccc4ccccc4c3)c2c1. The van der Waals surface area contributed by atoms with Crippen LogP contribution in [0.3, 0.4) is 0 Å². The summed E-state index contributed by atoms with van der Waals surface area (Å²) in [5, 5.41) is 3.15. The molecule has 130 valence electrons. The van der Waals surface area contributed by atoms with Gasteiger partial charge in [-0.05, 0) is 34.5 Å². The fraction of sp³-hybridized carbons (Fsp3) is 0.0952. The summed E-state index contributed by atoms with van der Waals surface area (Å²) in [6.07, 6.45) is 3.43. The van der Waals surface area contributed by atoms with Gasteiger partial charge in [0.1, 0.15) is 0 Å². The van der Waals surface area contributed by atoms with Gasteiger partial charge >= 0.3 is 0 Å². The van der Waals surface area contributed by atoms with Crippen molar-refractivity contribution in [2.45, 2.75) is 11.4 Å². The van der Waals surface area contributed by atoms with Crippen molar-refractivity contribution in [1.82, 2.24) is 4.57 Å². The zero-order valence-corrected chi connectivity index (χ0v) is 15.1. The number of hydrogen-bond acceptors (Lipinski definition) is 2. The molecule has 1 heterocycles. The number of fused-ring (bicyclic) bond motifs is 2. The molecular weight excluding hydrogens is 344 g/mol. The Bertz CT molecular complexity index is 1180. The van der Waals surface area contributed by atoms with Gasteiger partial charge in [0.25, 0.3) is 5.91 Å². The summed E-state index contributed by atoms with van der Waals surface area (Å²) in [6.45, 7) is 0.606. The summed E-state index contributed by atoms with van der Waals surface area (Å²) in [4.78, 5) is 12.6. The molecular formula is C21H18N2O2S. The number of amides is 1. The van der Waals surface area contributed by atoms with Crippen molar-refractivity contribution in [2.24, 2.45) is 5.73 Å². The normalized spacial score (nSPS) is 12.5. The third-order valence-corrected chi connectivity index (χ3v) is 5.54. The summed E-state index contributed by atoms with van der Waals surface area (Å²) >= 11 is 0. The lowest BCUT2D eigenvalue weighted by Gasteiger charge is -2.08. The molecule has 1 unspecified atom stereocenters. The molecule has 0 spiro atoms. The van der Waals surface area contributed by atoms with Crippen LogP contribution in [-0.2, 0) is 17.3 Å². The van der Waals surface area contributed by atoms with Crippen molar-refractivity contribution in [3.8, 4) is 0 Å². The second-order valence-corrected chi connectivity index (χ2v) is 7.73. The van der Waals surface area contributed by atoms with Crippen molar-refractivity contribution >= 4 is 38.4 Å². The minimum Gasteiger partial charge on any atom is -0.366 e. The van der Waals surface area contributed by atoms with Gasteiger partial charge in [-0.25, -0.2) is 0 Å². The lowest BCUT2D eigenvalue weighted by atomic mass is 10.1. The Morgan fingerprint density at radius 1 is 1.04 bits per heavy atom. The van der Waals surface area contributed by atoms with E-state index < -0.39 is 16.7 Å². The average molecular weight is 362 g/mol. The molecule has 0 aliphatic carbocycles. The first-order chi connectivity index (χ1) is 12.5. The van der Waals surface area contributed by atoms with E-state index in [1.165, 1.54) is 10.8 Å². The van der Waals surface area contributed by atoms with Gasteiger partial charge in [-0.3, -0.25) is 9.00 Å². The van der Waals surface area contributed by atoms with Crippen LogP contribution in [-0.4, -0.2) is 20.9 Å². The Morgan fingerprint density at radius 3 is 2.54 bits per heavy atom. The van der Waals surface area contributed by atoms with Gasteiger partial charge in [0.05, 0.1) is 11.1 Å². The van der Waals surface area contributed by atoms with Crippen LogP contribution in [0.1, 0.15) is 15.9 Å². The molecule has 0 saturated heterocycles. The lowest BCUT2D eigenvalue weighted by Crippen LogP contribution is -2.10. The van der Waals surface area contributed by atoms with Gasteiger partial charge in [-0.2, -0.15) is 0 Å². The number of rotatable bonds is 4. The molecule has 0 radical (unpaired) electrons. The molecule has 1 amide bonds. The second-order valence-electron chi connectivity index (χ2n) is 6.35. The van der Waals surface area contributed by atoms with Crippen LogP contribution in [0.5, 0.6) is 0 Å². The molecule has 0 fully saturated rings. The molecule has 3 aromatic carbocycles. The van der Waals surface area contributed by atoms with Crippen molar-refractivity contribution in [3.05, 3.63) is 78.0 Å². The topological polar surface area (TPSA) is 65.1 Å². The highest BCUT2D eigenvalue weighted by atomic mass is 32.2. The molecule has 4 aromatic rings. The van der Waals surface area contributed by atoms with Gasteiger partial charge in [0.15, 0.2) is 0 Å². The number of nitrogens with two attached hydrogens (primary N) is 1. The monoisotopic (exact) mass is 362 g/mol. The predicted octanol–water partition coefficient (Wildman–Crippen LogP) is 3.68. The molecule has 2 N–H and O–H groups in total. The fourth-order valence-electron chi connectivity index (χ4n) is 3.31. The molecule has 0 aliphatic rings. The molecule has 0 saturated carbocycles. The fourth-order valence-corrected chi connectivity index (χ4v) is 3.85. The molecule has 26 heavy (non-hydrogen) atoms. The van der Waals surface area contributed by atoms with Gasteiger partial charge in [0.2, 0.25) is 0 Å². The molecule has 0 bridgehead atoms. The third kappa shape index (κ3) is 2.91. The number of primary amides is 1. The van der Waals surface area contributed by atoms with Crippen LogP contribution < -0.4 is 5.73 Å². The first-order valence-electron chi connectivity index (χ1n) is 8.27. The van der Waals surface area contributed by atoms with E-state index in [9.17, 15) is 9.00 Å². The van der Waals surface area contributed by atoms with Crippen LogP contribution in [0.2, 0.25) is 0 Å². The first-order valence-corrected chi connectivity index (χ1v) is 9.82. The van der Waals surface area contributed by atoms with Crippen LogP contribution in [0.4, 0.5) is 0 Å². The van der Waals surface area contributed by atoms with Crippen LogP contribution in [0.25, 0.3) is 21.7 Å². The number of carbonyl (C=O) groups excluding carboxylic acids is 1. The Morgan fingerprint density at radius 2 is 1.81 bits per heavy atom. The largest absolute Gasteiger partial charge is 0.366 e. The van der Waals surface area contributed by atoms with E-state index in [1.807, 2.05) is 28.8 Å². The molecule has 4 rings (SSSR count). The number of hydrogen-bond donors (Lipinski definition) is 1. The van der Waals surface area contributed by atoms with Gasteiger partial charge < -0.3 is 10.3 Å². The standard InChI is InChI=1S/C21H18N2O2S/c1-26(25)17-8-9-18-19(21(22)24)13-23(20(18)11-17)12-14-6-7-15-4-2-3-5-16(15)10-14/h2-11,13H,12H2,1H3,(H2,22,24). The molecule has 5 heteroatoms. The van der Waals surface area contributed by atoms with E-state index in [2.05, 4.69) is 30.3 Å². The number of benzene rings is 3. The average Bonchev–Trinajstić information content (AvgIpc) is 2.99. The van der Waals surface area contributed by atoms with Gasteiger partial charge in [-0.15, -0.1) is 0 Å². The smallest absolute Gasteiger partial charge is 0.250 e. The molecule has 1 atom stereocenters. The number of nitrogens with zero attached hydrogens (tertiary/aromatic N) is 1. The minimum atomic E-state index is -1.09. The van der Waals surface area contributed by atoms with E-state index in [0.717, 1.165) is 21.4 Å². The second kappa shape index (κ2) is 6.42. The number of aromatic nitrogens is 1. The maximum Gasteiger partial charge on any atom is 0.250 e. The van der Waals surface area contributed by atoms with E-state index in [0.29, 0.717) is 12.1 Å². The highest BCUT2D eigenvalue weighted by Crippen LogP contribution is 2.25. The van der Waals surface area contributed by atoms with E-state index in [1.54, 1.807) is 18.5 Å². The van der Waals surface area contributed by atoms with E-state index in [-0.39, 0.29) is 0 Å². The van der Waals surface area contributed by atoms with Gasteiger partial charge in [-0.1, -0.05) is 42.5 Å². The van der Waals surface area contributed by atoms with Crippen molar-refractivity contribution < 1.29 is 9.00 Å². The van der Waals surface area contributed by atoms with Crippen LogP contribution in [0, 0.1) is 0 Å².